The number of rotatable bonds is 4. The average molecular weight is 359 g/mol. The third kappa shape index (κ3) is 3.65. The zero-order valence-corrected chi connectivity index (χ0v) is 15.1. The first-order valence-electron chi connectivity index (χ1n) is 9.38. The number of nitrogens with zero attached hydrogens (tertiary/aromatic N) is 5. The fraction of sp³-hybridized carbons (Fsp3) is 0.667. The Morgan fingerprint density at radius 1 is 1.23 bits per heavy atom. The Balaban J connectivity index is 1.29. The minimum absolute atomic E-state index is 0.0584. The second kappa shape index (κ2) is 7.57. The van der Waals surface area contributed by atoms with Crippen molar-refractivity contribution >= 4 is 5.91 Å². The van der Waals surface area contributed by atoms with E-state index in [-0.39, 0.29) is 5.91 Å². The van der Waals surface area contributed by atoms with Crippen LogP contribution >= 0.6 is 0 Å². The highest BCUT2D eigenvalue weighted by molar-refractivity contribution is 5.92. The molecule has 0 N–H and O–H groups in total. The molecule has 2 aromatic heterocycles. The van der Waals surface area contributed by atoms with Crippen molar-refractivity contribution in [3.63, 3.8) is 0 Å². The molecule has 2 saturated heterocycles. The Bertz CT molecular complexity index is 742. The first-order chi connectivity index (χ1) is 12.7. The quantitative estimate of drug-likeness (QED) is 0.827. The molecule has 0 aliphatic carbocycles. The first kappa shape index (κ1) is 17.2. The van der Waals surface area contributed by atoms with Crippen molar-refractivity contribution in [2.24, 2.45) is 13.0 Å². The highest BCUT2D eigenvalue weighted by Gasteiger charge is 2.27. The summed E-state index contributed by atoms with van der Waals surface area (Å²) in [5.74, 6) is 2.45. The molecule has 4 heterocycles. The van der Waals surface area contributed by atoms with Gasteiger partial charge in [-0.15, -0.1) is 0 Å². The van der Waals surface area contributed by atoms with Crippen LogP contribution in [-0.4, -0.2) is 57.0 Å². The van der Waals surface area contributed by atoms with E-state index in [4.69, 9.17) is 9.26 Å². The van der Waals surface area contributed by atoms with Gasteiger partial charge >= 0.3 is 0 Å². The van der Waals surface area contributed by atoms with Gasteiger partial charge in [0.2, 0.25) is 5.89 Å². The summed E-state index contributed by atoms with van der Waals surface area (Å²) in [6, 6.07) is 1.77. The molecule has 0 aromatic carbocycles. The molecule has 140 valence electrons. The highest BCUT2D eigenvalue weighted by Crippen LogP contribution is 2.26. The Kier molecular flexibility index (Phi) is 5.01. The van der Waals surface area contributed by atoms with E-state index in [1.807, 2.05) is 4.90 Å². The molecule has 26 heavy (non-hydrogen) atoms. The van der Waals surface area contributed by atoms with E-state index in [0.29, 0.717) is 17.5 Å². The molecule has 1 amide bonds. The van der Waals surface area contributed by atoms with E-state index in [9.17, 15) is 4.79 Å². The third-order valence-corrected chi connectivity index (χ3v) is 5.48. The molecule has 0 atom stereocenters. The molecule has 0 spiro atoms. The number of likely N-dealkylation sites (tertiary alicyclic amines) is 1. The minimum atomic E-state index is 0.0584. The number of hydrogen-bond donors (Lipinski definition) is 0. The van der Waals surface area contributed by atoms with Crippen molar-refractivity contribution in [2.45, 2.75) is 38.0 Å². The summed E-state index contributed by atoms with van der Waals surface area (Å²) in [7, 11) is 1.80. The van der Waals surface area contributed by atoms with Crippen LogP contribution < -0.4 is 0 Å². The fourth-order valence-electron chi connectivity index (χ4n) is 3.81. The smallest absolute Gasteiger partial charge is 0.272 e. The molecular formula is C18H25N5O3. The van der Waals surface area contributed by atoms with Gasteiger partial charge in [0, 0.05) is 51.9 Å². The molecule has 0 unspecified atom stereocenters. The molecule has 2 fully saturated rings. The van der Waals surface area contributed by atoms with Gasteiger partial charge in [-0.05, 0) is 37.7 Å². The van der Waals surface area contributed by atoms with Crippen molar-refractivity contribution < 1.29 is 14.1 Å². The SMILES string of the molecule is Cn1nccc1C(=O)N1CCC(Cc2nc(C3CCOCC3)no2)CC1. The van der Waals surface area contributed by atoms with Gasteiger partial charge in [0.25, 0.3) is 5.91 Å². The molecule has 0 radical (unpaired) electrons. The van der Waals surface area contributed by atoms with E-state index >= 15 is 0 Å². The van der Waals surface area contributed by atoms with Crippen LogP contribution in [0.25, 0.3) is 0 Å². The summed E-state index contributed by atoms with van der Waals surface area (Å²) >= 11 is 0. The zero-order valence-electron chi connectivity index (χ0n) is 15.1. The lowest BCUT2D eigenvalue weighted by Gasteiger charge is -2.31. The van der Waals surface area contributed by atoms with Gasteiger partial charge in [-0.2, -0.15) is 10.1 Å². The molecule has 0 saturated carbocycles. The van der Waals surface area contributed by atoms with E-state index in [0.717, 1.165) is 70.1 Å². The standard InChI is InChI=1S/C18H25N5O3/c1-22-15(2-7-19-22)18(24)23-8-3-13(4-9-23)12-16-20-17(21-26-16)14-5-10-25-11-6-14/h2,7,13-14H,3-6,8-12H2,1H3. The Hall–Kier alpha value is -2.22. The van der Waals surface area contributed by atoms with E-state index in [2.05, 4.69) is 15.2 Å². The lowest BCUT2D eigenvalue weighted by Crippen LogP contribution is -2.39. The summed E-state index contributed by atoms with van der Waals surface area (Å²) in [6.45, 7) is 3.07. The zero-order chi connectivity index (χ0) is 17.9. The average Bonchev–Trinajstić information content (AvgIpc) is 3.32. The minimum Gasteiger partial charge on any atom is -0.381 e. The Morgan fingerprint density at radius 3 is 2.69 bits per heavy atom. The van der Waals surface area contributed by atoms with Crippen molar-refractivity contribution in [3.05, 3.63) is 29.7 Å². The molecule has 2 aliphatic heterocycles. The van der Waals surface area contributed by atoms with Gasteiger partial charge in [-0.3, -0.25) is 9.48 Å². The molecule has 8 heteroatoms. The molecule has 2 aliphatic rings. The maximum absolute atomic E-state index is 12.5. The second-order valence-corrected chi connectivity index (χ2v) is 7.21. The van der Waals surface area contributed by atoms with E-state index < -0.39 is 0 Å². The van der Waals surface area contributed by atoms with Gasteiger partial charge in [0.1, 0.15) is 5.69 Å². The molecule has 8 nitrogen and oxygen atoms in total. The van der Waals surface area contributed by atoms with Crippen LogP contribution in [0.3, 0.4) is 0 Å². The van der Waals surface area contributed by atoms with Crippen LogP contribution in [0.1, 0.15) is 53.8 Å². The normalized spacial score (nSPS) is 19.8. The lowest BCUT2D eigenvalue weighted by atomic mass is 9.93. The predicted octanol–water partition coefficient (Wildman–Crippen LogP) is 1.79. The van der Waals surface area contributed by atoms with Crippen molar-refractivity contribution in [2.75, 3.05) is 26.3 Å². The van der Waals surface area contributed by atoms with Gasteiger partial charge in [0.15, 0.2) is 5.82 Å². The fourth-order valence-corrected chi connectivity index (χ4v) is 3.81. The van der Waals surface area contributed by atoms with Gasteiger partial charge in [-0.1, -0.05) is 5.16 Å². The number of carbonyl (C=O) groups is 1. The first-order valence-corrected chi connectivity index (χ1v) is 9.38. The van der Waals surface area contributed by atoms with Crippen LogP contribution in [0.15, 0.2) is 16.8 Å². The molecule has 2 aromatic rings. The van der Waals surface area contributed by atoms with E-state index in [1.54, 1.807) is 24.0 Å². The molecular weight excluding hydrogens is 334 g/mol. The summed E-state index contributed by atoms with van der Waals surface area (Å²) in [5.41, 5.74) is 0.640. The van der Waals surface area contributed by atoms with Gasteiger partial charge < -0.3 is 14.2 Å². The molecule has 0 bridgehead atoms. The van der Waals surface area contributed by atoms with Gasteiger partial charge in [-0.25, -0.2) is 0 Å². The number of carbonyl (C=O) groups excluding carboxylic acids is 1. The lowest BCUT2D eigenvalue weighted by molar-refractivity contribution is 0.0676. The van der Waals surface area contributed by atoms with Gasteiger partial charge in [0.05, 0.1) is 0 Å². The third-order valence-electron chi connectivity index (χ3n) is 5.48. The predicted molar refractivity (Wildman–Crippen MR) is 92.6 cm³/mol. The largest absolute Gasteiger partial charge is 0.381 e. The Labute approximate surface area is 152 Å². The molecule has 4 rings (SSSR count). The number of aromatic nitrogens is 4. The summed E-state index contributed by atoms with van der Waals surface area (Å²) in [5, 5.41) is 8.25. The van der Waals surface area contributed by atoms with Crippen LogP contribution in [0.2, 0.25) is 0 Å². The van der Waals surface area contributed by atoms with E-state index in [1.165, 1.54) is 0 Å². The summed E-state index contributed by atoms with van der Waals surface area (Å²) < 4.78 is 12.5. The van der Waals surface area contributed by atoms with Crippen molar-refractivity contribution in [1.82, 2.24) is 24.8 Å². The maximum Gasteiger partial charge on any atom is 0.272 e. The number of amides is 1. The number of hydrogen-bond acceptors (Lipinski definition) is 6. The number of aryl methyl sites for hydroxylation is 1. The van der Waals surface area contributed by atoms with Crippen molar-refractivity contribution in [3.8, 4) is 0 Å². The van der Waals surface area contributed by atoms with Crippen LogP contribution in [-0.2, 0) is 18.2 Å². The summed E-state index contributed by atoms with van der Waals surface area (Å²) in [4.78, 5) is 19.1. The number of piperidine rings is 1. The number of ether oxygens (including phenoxy) is 1. The monoisotopic (exact) mass is 359 g/mol. The Morgan fingerprint density at radius 2 is 2.00 bits per heavy atom. The summed E-state index contributed by atoms with van der Waals surface area (Å²) in [6.07, 6.45) is 6.30. The van der Waals surface area contributed by atoms with Crippen LogP contribution in [0.5, 0.6) is 0 Å². The maximum atomic E-state index is 12.5. The topological polar surface area (TPSA) is 86.3 Å². The van der Waals surface area contributed by atoms with Crippen LogP contribution in [0, 0.1) is 5.92 Å². The van der Waals surface area contributed by atoms with Crippen LogP contribution in [0.4, 0.5) is 0 Å². The second-order valence-electron chi connectivity index (χ2n) is 7.21. The van der Waals surface area contributed by atoms with Crippen molar-refractivity contribution in [1.29, 1.82) is 0 Å². The highest BCUT2D eigenvalue weighted by atomic mass is 16.5.